The van der Waals surface area contributed by atoms with Gasteiger partial charge in [0.25, 0.3) is 0 Å². The first-order valence-electron chi connectivity index (χ1n) is 11.2. The lowest BCUT2D eigenvalue weighted by molar-refractivity contribution is -0.142. The van der Waals surface area contributed by atoms with Gasteiger partial charge in [0.1, 0.15) is 0 Å². The molecule has 3 rings (SSSR count). The monoisotopic (exact) mass is 414 g/mol. The molecule has 1 aliphatic rings. The Morgan fingerprint density at radius 3 is 1.53 bits per heavy atom. The van der Waals surface area contributed by atoms with E-state index in [1.807, 2.05) is 6.92 Å². The minimum absolute atomic E-state index is 0.0708. The third-order valence-electron chi connectivity index (χ3n) is 5.71. The van der Waals surface area contributed by atoms with E-state index in [0.29, 0.717) is 6.10 Å². The molecular weight excluding hydrogens is 372 g/mol. The van der Waals surface area contributed by atoms with E-state index in [-0.39, 0.29) is 24.2 Å². The van der Waals surface area contributed by atoms with Crippen molar-refractivity contribution in [2.24, 2.45) is 0 Å². The lowest BCUT2D eigenvalue weighted by Crippen LogP contribution is -2.39. The van der Waals surface area contributed by atoms with E-state index in [1.54, 1.807) is 6.92 Å². The van der Waals surface area contributed by atoms with Gasteiger partial charge < -0.3 is 14.9 Å². The van der Waals surface area contributed by atoms with Crippen LogP contribution in [0.2, 0.25) is 0 Å². The first-order chi connectivity index (χ1) is 14.1. The Hall–Kier alpha value is -1.68. The van der Waals surface area contributed by atoms with E-state index in [1.165, 1.54) is 22.3 Å². The van der Waals surface area contributed by atoms with E-state index in [2.05, 4.69) is 83.1 Å². The third kappa shape index (κ3) is 8.59. The highest BCUT2D eigenvalue weighted by atomic mass is 16.5. The molecule has 2 aromatic carbocycles. The van der Waals surface area contributed by atoms with Gasteiger partial charge in [0.2, 0.25) is 0 Å². The number of aliphatic hydroxyl groups excluding tert-OH is 2. The number of hydrogen-bond donors (Lipinski definition) is 2. The molecule has 0 amide bonds. The van der Waals surface area contributed by atoms with Crippen molar-refractivity contribution < 1.29 is 14.9 Å². The fourth-order valence-corrected chi connectivity index (χ4v) is 3.04. The molecule has 0 saturated carbocycles. The number of benzene rings is 2. The average Bonchev–Trinajstić information content (AvgIpc) is 2.69. The second-order valence-electron chi connectivity index (χ2n) is 8.82. The minimum atomic E-state index is -0.116. The molecule has 168 valence electrons. The number of ether oxygens (including phenoxy) is 1. The van der Waals surface area contributed by atoms with E-state index in [0.717, 1.165) is 19.3 Å². The summed E-state index contributed by atoms with van der Waals surface area (Å²) in [6.45, 7) is 14.8. The van der Waals surface area contributed by atoms with Crippen LogP contribution < -0.4 is 0 Å². The van der Waals surface area contributed by atoms with Gasteiger partial charge in [-0.1, -0.05) is 87.4 Å². The molecule has 1 aliphatic heterocycles. The highest BCUT2D eigenvalue weighted by Crippen LogP contribution is 2.31. The molecule has 0 bridgehead atoms. The highest BCUT2D eigenvalue weighted by molar-refractivity contribution is 5.39. The number of hydrogen-bond acceptors (Lipinski definition) is 3. The summed E-state index contributed by atoms with van der Waals surface area (Å²) in [5, 5.41) is 16.8. The van der Waals surface area contributed by atoms with Crippen LogP contribution in [0, 0.1) is 13.8 Å². The van der Waals surface area contributed by atoms with E-state index in [9.17, 15) is 0 Å². The van der Waals surface area contributed by atoms with Crippen LogP contribution in [0.3, 0.4) is 0 Å². The summed E-state index contributed by atoms with van der Waals surface area (Å²) in [5.74, 6) is 0. The summed E-state index contributed by atoms with van der Waals surface area (Å²) in [6, 6.07) is 17.7. The molecule has 1 heterocycles. The van der Waals surface area contributed by atoms with Crippen LogP contribution in [0.15, 0.2) is 48.5 Å². The maximum absolute atomic E-state index is 8.47. The van der Waals surface area contributed by atoms with E-state index in [4.69, 9.17) is 14.9 Å². The SMILES string of the molecule is CCC(C)O.CCC1CC(CO)O1.Cc1ccc(C(C)(C)c2ccc(C)cc2)cc1. The van der Waals surface area contributed by atoms with Crippen molar-refractivity contribution in [1.29, 1.82) is 0 Å². The van der Waals surface area contributed by atoms with Crippen LogP contribution in [0.1, 0.15) is 76.1 Å². The summed E-state index contributed by atoms with van der Waals surface area (Å²) < 4.78 is 5.19. The molecule has 0 aliphatic carbocycles. The molecule has 3 heteroatoms. The fraction of sp³-hybridized carbons (Fsp3) is 0.556. The molecule has 1 fully saturated rings. The first-order valence-corrected chi connectivity index (χ1v) is 11.2. The van der Waals surface area contributed by atoms with Gasteiger partial charge in [0, 0.05) is 11.8 Å². The molecule has 2 N–H and O–H groups in total. The summed E-state index contributed by atoms with van der Waals surface area (Å²) in [5.41, 5.74) is 5.43. The summed E-state index contributed by atoms with van der Waals surface area (Å²) in [4.78, 5) is 0. The second kappa shape index (κ2) is 12.9. The molecule has 2 aromatic rings. The quantitative estimate of drug-likeness (QED) is 0.635. The van der Waals surface area contributed by atoms with Crippen molar-refractivity contribution in [2.45, 2.75) is 91.5 Å². The third-order valence-corrected chi connectivity index (χ3v) is 5.71. The van der Waals surface area contributed by atoms with Crippen LogP contribution in [0.25, 0.3) is 0 Å². The smallest absolute Gasteiger partial charge is 0.0834 e. The van der Waals surface area contributed by atoms with E-state index >= 15 is 0 Å². The fourth-order valence-electron chi connectivity index (χ4n) is 3.04. The average molecular weight is 415 g/mol. The first kappa shape index (κ1) is 26.4. The molecule has 3 unspecified atom stereocenters. The lowest BCUT2D eigenvalue weighted by atomic mass is 9.78. The van der Waals surface area contributed by atoms with Gasteiger partial charge in [-0.2, -0.15) is 0 Å². The van der Waals surface area contributed by atoms with Crippen LogP contribution in [0.5, 0.6) is 0 Å². The second-order valence-corrected chi connectivity index (χ2v) is 8.82. The van der Waals surface area contributed by atoms with Gasteiger partial charge in [-0.05, 0) is 44.7 Å². The molecule has 0 spiro atoms. The summed E-state index contributed by atoms with van der Waals surface area (Å²) in [7, 11) is 0. The molecule has 0 aromatic heterocycles. The van der Waals surface area contributed by atoms with Gasteiger partial charge in [0.05, 0.1) is 24.9 Å². The largest absolute Gasteiger partial charge is 0.394 e. The number of aliphatic hydroxyl groups is 2. The normalized spacial score (nSPS) is 18.8. The molecule has 0 radical (unpaired) electrons. The summed E-state index contributed by atoms with van der Waals surface area (Å²) >= 11 is 0. The van der Waals surface area contributed by atoms with Crippen molar-refractivity contribution in [2.75, 3.05) is 6.61 Å². The number of aryl methyl sites for hydroxylation is 2. The van der Waals surface area contributed by atoms with Crippen molar-refractivity contribution in [3.8, 4) is 0 Å². The van der Waals surface area contributed by atoms with Gasteiger partial charge in [-0.15, -0.1) is 0 Å². The Labute approximate surface area is 184 Å². The van der Waals surface area contributed by atoms with Crippen LogP contribution in [0.4, 0.5) is 0 Å². The predicted molar refractivity (Wildman–Crippen MR) is 127 cm³/mol. The highest BCUT2D eigenvalue weighted by Gasteiger charge is 2.27. The van der Waals surface area contributed by atoms with Gasteiger partial charge in [-0.3, -0.25) is 0 Å². The minimum Gasteiger partial charge on any atom is -0.394 e. The topological polar surface area (TPSA) is 49.7 Å². The van der Waals surface area contributed by atoms with Crippen LogP contribution in [-0.4, -0.2) is 35.1 Å². The zero-order valence-electron chi connectivity index (χ0n) is 20.0. The van der Waals surface area contributed by atoms with E-state index < -0.39 is 0 Å². The zero-order chi connectivity index (χ0) is 22.7. The molecule has 1 saturated heterocycles. The zero-order valence-corrected chi connectivity index (χ0v) is 20.0. The van der Waals surface area contributed by atoms with Crippen molar-refractivity contribution in [3.63, 3.8) is 0 Å². The Kier molecular flexibility index (Phi) is 11.3. The van der Waals surface area contributed by atoms with Crippen LogP contribution >= 0.6 is 0 Å². The number of rotatable bonds is 5. The lowest BCUT2D eigenvalue weighted by Gasteiger charge is -2.33. The Balaban J connectivity index is 0.000000286. The van der Waals surface area contributed by atoms with Crippen molar-refractivity contribution in [1.82, 2.24) is 0 Å². The van der Waals surface area contributed by atoms with Crippen molar-refractivity contribution >= 4 is 0 Å². The van der Waals surface area contributed by atoms with Crippen LogP contribution in [-0.2, 0) is 10.2 Å². The molecule has 30 heavy (non-hydrogen) atoms. The van der Waals surface area contributed by atoms with Gasteiger partial charge in [0.15, 0.2) is 0 Å². The maximum atomic E-state index is 8.47. The Morgan fingerprint density at radius 1 is 0.900 bits per heavy atom. The standard InChI is InChI=1S/C17H20.C6H12O2.C4H10O/c1-13-5-9-15(10-6-13)17(3,4)16-11-7-14(2)8-12-16;1-2-5-3-6(4-7)8-5;1-3-4(2)5/h5-12H,1-4H3;5-7H,2-4H2,1H3;4-5H,3H2,1-2H3. The Morgan fingerprint density at radius 2 is 1.27 bits per heavy atom. The van der Waals surface area contributed by atoms with Gasteiger partial charge in [-0.25, -0.2) is 0 Å². The maximum Gasteiger partial charge on any atom is 0.0834 e. The Bertz CT molecular complexity index is 640. The predicted octanol–water partition coefficient (Wildman–Crippen LogP) is 5.95. The molecule has 3 nitrogen and oxygen atoms in total. The van der Waals surface area contributed by atoms with Crippen molar-refractivity contribution in [3.05, 3.63) is 70.8 Å². The molecule has 3 atom stereocenters. The summed E-state index contributed by atoms with van der Waals surface area (Å²) in [6.07, 6.45) is 3.46. The van der Waals surface area contributed by atoms with Gasteiger partial charge >= 0.3 is 0 Å². The molecular formula is C27H42O3.